The summed E-state index contributed by atoms with van der Waals surface area (Å²) in [4.78, 5) is 15.0. The Balaban J connectivity index is 1.53. The minimum Gasteiger partial charge on any atom is -0.491 e. The standard InChI is InChI=1S/C29H37NO4/c1-3-4-17-33-18-19-34-27-13-9-22(10-14-27)23-11-15-28-25(20-23)21-24(29(31)32-2)8-12-26-7-5-6-16-30(26)28/h9-11,13-15,20-21,26H,3-8,12,16-19H2,1-2H3/b24-21+. The maximum absolute atomic E-state index is 12.4. The number of nitrogens with zero attached hydrogens (tertiary/aromatic N) is 1. The molecule has 2 heterocycles. The zero-order valence-electron chi connectivity index (χ0n) is 20.6. The van der Waals surface area contributed by atoms with Crippen LogP contribution in [0, 0.1) is 0 Å². The summed E-state index contributed by atoms with van der Waals surface area (Å²) >= 11 is 0. The molecular weight excluding hydrogens is 426 g/mol. The molecule has 182 valence electrons. The van der Waals surface area contributed by atoms with Crippen LogP contribution in [0.5, 0.6) is 5.75 Å². The molecule has 0 amide bonds. The van der Waals surface area contributed by atoms with E-state index in [9.17, 15) is 4.79 Å². The smallest absolute Gasteiger partial charge is 0.333 e. The zero-order chi connectivity index (χ0) is 23.8. The van der Waals surface area contributed by atoms with E-state index in [4.69, 9.17) is 14.2 Å². The fourth-order valence-electron chi connectivity index (χ4n) is 4.91. The topological polar surface area (TPSA) is 48.0 Å². The van der Waals surface area contributed by atoms with E-state index in [0.717, 1.165) is 66.8 Å². The SMILES string of the molecule is CCCCOCCOc1ccc(-c2ccc3c(c2)/C=C(/C(=O)OC)CCC2CCCCN32)cc1. The quantitative estimate of drug-likeness (QED) is 0.325. The van der Waals surface area contributed by atoms with Gasteiger partial charge in [-0.1, -0.05) is 31.5 Å². The molecule has 1 atom stereocenters. The Morgan fingerprint density at radius 1 is 1.00 bits per heavy atom. The van der Waals surface area contributed by atoms with Gasteiger partial charge in [-0.2, -0.15) is 0 Å². The maximum atomic E-state index is 12.4. The zero-order valence-corrected chi connectivity index (χ0v) is 20.6. The summed E-state index contributed by atoms with van der Waals surface area (Å²) < 4.78 is 16.5. The Bertz CT molecular complexity index is 982. The fourth-order valence-corrected chi connectivity index (χ4v) is 4.91. The average molecular weight is 464 g/mol. The summed E-state index contributed by atoms with van der Waals surface area (Å²) in [6.45, 7) is 5.19. The Kier molecular flexibility index (Phi) is 8.64. The number of benzene rings is 2. The Labute approximate surface area is 203 Å². The molecule has 0 N–H and O–H groups in total. The van der Waals surface area contributed by atoms with Gasteiger partial charge in [0.15, 0.2) is 0 Å². The molecule has 0 saturated carbocycles. The van der Waals surface area contributed by atoms with Gasteiger partial charge < -0.3 is 19.1 Å². The van der Waals surface area contributed by atoms with Crippen LogP contribution < -0.4 is 9.64 Å². The van der Waals surface area contributed by atoms with Gasteiger partial charge >= 0.3 is 5.97 Å². The third-order valence-electron chi connectivity index (χ3n) is 6.81. The number of rotatable bonds is 9. The molecule has 0 aromatic heterocycles. The second kappa shape index (κ2) is 12.1. The molecule has 0 bridgehead atoms. The molecule has 1 fully saturated rings. The van der Waals surface area contributed by atoms with E-state index in [0.29, 0.717) is 19.3 Å². The molecule has 5 nitrogen and oxygen atoms in total. The molecule has 34 heavy (non-hydrogen) atoms. The summed E-state index contributed by atoms with van der Waals surface area (Å²) in [5.74, 6) is 0.624. The van der Waals surface area contributed by atoms with Crippen molar-refractivity contribution >= 4 is 17.7 Å². The van der Waals surface area contributed by atoms with Gasteiger partial charge in [0, 0.05) is 30.5 Å². The molecule has 2 aromatic rings. The maximum Gasteiger partial charge on any atom is 0.333 e. The average Bonchev–Trinajstić information content (AvgIpc) is 2.87. The second-order valence-electron chi connectivity index (χ2n) is 9.16. The molecule has 1 unspecified atom stereocenters. The molecule has 2 aliphatic rings. The number of carbonyl (C=O) groups excluding carboxylic acids is 1. The predicted octanol–water partition coefficient (Wildman–Crippen LogP) is 6.26. The highest BCUT2D eigenvalue weighted by atomic mass is 16.5. The molecule has 0 aliphatic carbocycles. The lowest BCUT2D eigenvalue weighted by molar-refractivity contribution is -0.136. The van der Waals surface area contributed by atoms with Crippen molar-refractivity contribution in [2.75, 3.05) is 38.4 Å². The number of unbranched alkanes of at least 4 members (excludes halogenated alkanes) is 1. The Morgan fingerprint density at radius 2 is 1.82 bits per heavy atom. The van der Waals surface area contributed by atoms with Gasteiger partial charge in [-0.3, -0.25) is 0 Å². The first-order valence-corrected chi connectivity index (χ1v) is 12.7. The van der Waals surface area contributed by atoms with E-state index in [-0.39, 0.29) is 5.97 Å². The van der Waals surface area contributed by atoms with Crippen molar-refractivity contribution in [1.29, 1.82) is 0 Å². The van der Waals surface area contributed by atoms with Crippen LogP contribution in [-0.2, 0) is 14.3 Å². The van der Waals surface area contributed by atoms with E-state index in [2.05, 4.69) is 42.2 Å². The monoisotopic (exact) mass is 463 g/mol. The predicted molar refractivity (Wildman–Crippen MR) is 137 cm³/mol. The molecule has 0 radical (unpaired) electrons. The Morgan fingerprint density at radius 3 is 2.62 bits per heavy atom. The van der Waals surface area contributed by atoms with Crippen molar-refractivity contribution in [2.45, 2.75) is 57.9 Å². The van der Waals surface area contributed by atoms with Crippen molar-refractivity contribution in [3.8, 4) is 16.9 Å². The lowest BCUT2D eigenvalue weighted by atomic mass is 9.90. The summed E-state index contributed by atoms with van der Waals surface area (Å²) in [5, 5.41) is 0. The molecule has 2 aromatic carbocycles. The van der Waals surface area contributed by atoms with Crippen LogP contribution in [0.2, 0.25) is 0 Å². The third kappa shape index (κ3) is 6.01. The second-order valence-corrected chi connectivity index (χ2v) is 9.16. The lowest BCUT2D eigenvalue weighted by Crippen LogP contribution is -2.40. The van der Waals surface area contributed by atoms with E-state index in [1.165, 1.54) is 32.1 Å². The summed E-state index contributed by atoms with van der Waals surface area (Å²) in [5.41, 5.74) is 5.32. The minimum atomic E-state index is -0.221. The first kappa shape index (κ1) is 24.3. The van der Waals surface area contributed by atoms with Gasteiger partial charge in [0.05, 0.1) is 13.7 Å². The summed E-state index contributed by atoms with van der Waals surface area (Å²) in [6.07, 6.45) is 9.67. The highest BCUT2D eigenvalue weighted by molar-refractivity contribution is 5.95. The largest absolute Gasteiger partial charge is 0.491 e. The third-order valence-corrected chi connectivity index (χ3v) is 6.81. The first-order chi connectivity index (χ1) is 16.7. The number of hydrogen-bond acceptors (Lipinski definition) is 5. The van der Waals surface area contributed by atoms with Gasteiger partial charge in [0.1, 0.15) is 12.4 Å². The number of esters is 1. The van der Waals surface area contributed by atoms with Crippen molar-refractivity contribution in [2.24, 2.45) is 0 Å². The van der Waals surface area contributed by atoms with Crippen molar-refractivity contribution in [1.82, 2.24) is 0 Å². The fraction of sp³-hybridized carbons (Fsp3) is 0.483. The molecule has 1 saturated heterocycles. The molecular formula is C29H37NO4. The molecule has 0 spiro atoms. The highest BCUT2D eigenvalue weighted by Crippen LogP contribution is 2.37. The van der Waals surface area contributed by atoms with Crippen LogP contribution in [0.3, 0.4) is 0 Å². The van der Waals surface area contributed by atoms with Crippen LogP contribution in [-0.4, -0.2) is 45.5 Å². The van der Waals surface area contributed by atoms with E-state index in [1.807, 2.05) is 18.2 Å². The molecule has 5 heteroatoms. The van der Waals surface area contributed by atoms with Crippen molar-refractivity contribution in [3.63, 3.8) is 0 Å². The summed E-state index contributed by atoms with van der Waals surface area (Å²) in [6, 6.07) is 15.3. The van der Waals surface area contributed by atoms with Crippen LogP contribution >= 0.6 is 0 Å². The highest BCUT2D eigenvalue weighted by Gasteiger charge is 2.27. The summed E-state index contributed by atoms with van der Waals surface area (Å²) in [7, 11) is 1.47. The van der Waals surface area contributed by atoms with Gasteiger partial charge in [0.2, 0.25) is 0 Å². The lowest BCUT2D eigenvalue weighted by Gasteiger charge is -2.40. The van der Waals surface area contributed by atoms with E-state index in [1.54, 1.807) is 0 Å². The molecule has 4 rings (SSSR count). The van der Waals surface area contributed by atoms with Crippen molar-refractivity contribution < 1.29 is 19.0 Å². The Hall–Kier alpha value is -2.79. The number of carbonyl (C=O) groups is 1. The number of ether oxygens (including phenoxy) is 3. The van der Waals surface area contributed by atoms with Gasteiger partial charge in [-0.15, -0.1) is 0 Å². The van der Waals surface area contributed by atoms with E-state index >= 15 is 0 Å². The normalized spacial score (nSPS) is 19.2. The van der Waals surface area contributed by atoms with Crippen molar-refractivity contribution in [3.05, 3.63) is 53.6 Å². The number of methoxy groups -OCH3 is 1. The van der Waals surface area contributed by atoms with Gasteiger partial charge in [-0.25, -0.2) is 4.79 Å². The van der Waals surface area contributed by atoms with Crippen LogP contribution in [0.15, 0.2) is 48.0 Å². The van der Waals surface area contributed by atoms with Gasteiger partial charge in [-0.05, 0) is 85.6 Å². The van der Waals surface area contributed by atoms with Gasteiger partial charge in [0.25, 0.3) is 0 Å². The molecule has 2 aliphatic heterocycles. The van der Waals surface area contributed by atoms with Crippen LogP contribution in [0.4, 0.5) is 5.69 Å². The van der Waals surface area contributed by atoms with Crippen LogP contribution in [0.25, 0.3) is 17.2 Å². The number of hydrogen-bond donors (Lipinski definition) is 0. The first-order valence-electron chi connectivity index (χ1n) is 12.7. The van der Waals surface area contributed by atoms with E-state index < -0.39 is 0 Å². The minimum absolute atomic E-state index is 0.221. The van der Waals surface area contributed by atoms with Crippen LogP contribution in [0.1, 0.15) is 57.4 Å². The number of fused-ring (bicyclic) bond motifs is 3. The number of anilines is 1. The number of piperidine rings is 1.